The van der Waals surface area contributed by atoms with Gasteiger partial charge in [-0.05, 0) is 42.7 Å². The van der Waals surface area contributed by atoms with Crippen molar-refractivity contribution in [1.29, 1.82) is 0 Å². The number of carbonyl (C=O) groups excluding carboxylic acids is 1. The Labute approximate surface area is 168 Å². The van der Waals surface area contributed by atoms with Crippen molar-refractivity contribution in [3.63, 3.8) is 0 Å². The Kier molecular flexibility index (Phi) is 5.54. The molecule has 1 unspecified atom stereocenters. The first-order chi connectivity index (χ1) is 13.6. The van der Waals surface area contributed by atoms with E-state index < -0.39 is 5.25 Å². The van der Waals surface area contributed by atoms with Crippen molar-refractivity contribution in [3.8, 4) is 0 Å². The first-order valence-corrected chi connectivity index (χ1v) is 10.4. The van der Waals surface area contributed by atoms with Gasteiger partial charge in [-0.2, -0.15) is 0 Å². The molecule has 1 saturated carbocycles. The van der Waals surface area contributed by atoms with Crippen molar-refractivity contribution < 1.29 is 13.6 Å². The molecular formula is C19H16F2N4OS2. The number of para-hydroxylation sites is 1. The van der Waals surface area contributed by atoms with Crippen LogP contribution in [0.4, 0.5) is 19.6 Å². The van der Waals surface area contributed by atoms with E-state index in [0.717, 1.165) is 12.8 Å². The summed E-state index contributed by atoms with van der Waals surface area (Å²) in [5, 5.41) is 13.8. The van der Waals surface area contributed by atoms with Gasteiger partial charge in [0.25, 0.3) is 0 Å². The maximum atomic E-state index is 13.8. The molecule has 1 heterocycles. The largest absolute Gasteiger partial charge is 0.352 e. The van der Waals surface area contributed by atoms with Gasteiger partial charge < -0.3 is 10.6 Å². The highest BCUT2D eigenvalue weighted by Crippen LogP contribution is 2.39. The SMILES string of the molecule is O=C(NC1CC1)C(Sc1nnc(Nc2ccccc2F)s1)c1ccc(F)cc1. The molecule has 0 aliphatic heterocycles. The third kappa shape index (κ3) is 4.66. The molecule has 4 rings (SSSR count). The number of aromatic nitrogens is 2. The highest BCUT2D eigenvalue weighted by atomic mass is 32.2. The molecule has 5 nitrogen and oxygen atoms in total. The molecule has 144 valence electrons. The molecule has 0 spiro atoms. The minimum atomic E-state index is -0.574. The lowest BCUT2D eigenvalue weighted by molar-refractivity contribution is -0.120. The van der Waals surface area contributed by atoms with E-state index >= 15 is 0 Å². The molecule has 0 bridgehead atoms. The molecule has 1 aliphatic carbocycles. The average molecular weight is 418 g/mol. The van der Waals surface area contributed by atoms with Crippen molar-refractivity contribution >= 4 is 39.8 Å². The Balaban J connectivity index is 1.51. The number of anilines is 2. The van der Waals surface area contributed by atoms with Gasteiger partial charge in [0.2, 0.25) is 11.0 Å². The van der Waals surface area contributed by atoms with Gasteiger partial charge in [0, 0.05) is 6.04 Å². The summed E-state index contributed by atoms with van der Waals surface area (Å²) in [6.07, 6.45) is 1.95. The summed E-state index contributed by atoms with van der Waals surface area (Å²) in [6, 6.07) is 12.3. The molecule has 3 aromatic rings. The average Bonchev–Trinajstić information content (AvgIpc) is 3.39. The van der Waals surface area contributed by atoms with Crippen molar-refractivity contribution in [2.75, 3.05) is 5.32 Å². The molecule has 1 aliphatic rings. The molecule has 1 atom stereocenters. The van der Waals surface area contributed by atoms with E-state index in [4.69, 9.17) is 0 Å². The van der Waals surface area contributed by atoms with E-state index in [1.807, 2.05) is 0 Å². The van der Waals surface area contributed by atoms with Gasteiger partial charge in [0.1, 0.15) is 16.9 Å². The number of carbonyl (C=O) groups is 1. The van der Waals surface area contributed by atoms with Crippen LogP contribution in [0.25, 0.3) is 0 Å². The van der Waals surface area contributed by atoms with Gasteiger partial charge in [-0.1, -0.05) is 47.4 Å². The van der Waals surface area contributed by atoms with Crippen molar-refractivity contribution in [1.82, 2.24) is 15.5 Å². The maximum Gasteiger partial charge on any atom is 0.238 e. The lowest BCUT2D eigenvalue weighted by atomic mass is 10.1. The minimum Gasteiger partial charge on any atom is -0.352 e. The zero-order chi connectivity index (χ0) is 19.5. The highest BCUT2D eigenvalue weighted by molar-refractivity contribution is 8.01. The highest BCUT2D eigenvalue weighted by Gasteiger charge is 2.30. The molecule has 1 fully saturated rings. The number of nitrogens with zero attached hydrogens (tertiary/aromatic N) is 2. The summed E-state index contributed by atoms with van der Waals surface area (Å²) in [7, 11) is 0. The normalized spacial score (nSPS) is 14.5. The van der Waals surface area contributed by atoms with Gasteiger partial charge in [-0.15, -0.1) is 10.2 Å². The predicted molar refractivity (Wildman–Crippen MR) is 106 cm³/mol. The molecule has 2 aromatic carbocycles. The van der Waals surface area contributed by atoms with E-state index in [2.05, 4.69) is 20.8 Å². The van der Waals surface area contributed by atoms with E-state index in [1.165, 1.54) is 41.3 Å². The fraction of sp³-hybridized carbons (Fsp3) is 0.211. The zero-order valence-corrected chi connectivity index (χ0v) is 16.2. The van der Waals surface area contributed by atoms with Crippen molar-refractivity contribution in [2.45, 2.75) is 28.5 Å². The van der Waals surface area contributed by atoms with Crippen molar-refractivity contribution in [2.24, 2.45) is 0 Å². The van der Waals surface area contributed by atoms with Crippen LogP contribution in [0.2, 0.25) is 0 Å². The second-order valence-corrected chi connectivity index (χ2v) is 8.64. The first kappa shape index (κ1) is 18.8. The van der Waals surface area contributed by atoms with Crippen LogP contribution in [0.5, 0.6) is 0 Å². The van der Waals surface area contributed by atoms with E-state index in [-0.39, 0.29) is 23.6 Å². The molecule has 0 saturated heterocycles. The third-order valence-electron chi connectivity index (χ3n) is 4.08. The Morgan fingerprint density at radius 2 is 1.86 bits per heavy atom. The number of hydrogen-bond donors (Lipinski definition) is 2. The summed E-state index contributed by atoms with van der Waals surface area (Å²) in [4.78, 5) is 12.7. The van der Waals surface area contributed by atoms with E-state index in [1.54, 1.807) is 30.3 Å². The lowest BCUT2D eigenvalue weighted by Gasteiger charge is -2.15. The molecule has 1 aromatic heterocycles. The summed E-state index contributed by atoms with van der Waals surface area (Å²) in [6.45, 7) is 0. The molecule has 1 amide bonds. The van der Waals surface area contributed by atoms with E-state index in [0.29, 0.717) is 20.7 Å². The van der Waals surface area contributed by atoms with Crippen LogP contribution in [-0.2, 0) is 4.79 Å². The Morgan fingerprint density at radius 1 is 1.11 bits per heavy atom. The summed E-state index contributed by atoms with van der Waals surface area (Å²) < 4.78 is 27.6. The number of amides is 1. The minimum absolute atomic E-state index is 0.141. The molecule has 2 N–H and O–H groups in total. The zero-order valence-electron chi connectivity index (χ0n) is 14.6. The summed E-state index contributed by atoms with van der Waals surface area (Å²) in [5.74, 6) is -0.889. The van der Waals surface area contributed by atoms with Gasteiger partial charge in [0.15, 0.2) is 4.34 Å². The van der Waals surface area contributed by atoms with Gasteiger partial charge >= 0.3 is 0 Å². The fourth-order valence-electron chi connectivity index (χ4n) is 2.50. The van der Waals surface area contributed by atoms with Crippen molar-refractivity contribution in [3.05, 3.63) is 65.7 Å². The number of hydrogen-bond acceptors (Lipinski definition) is 6. The van der Waals surface area contributed by atoms with Crippen LogP contribution in [0.15, 0.2) is 52.9 Å². The smallest absolute Gasteiger partial charge is 0.238 e. The monoisotopic (exact) mass is 418 g/mol. The molecule has 28 heavy (non-hydrogen) atoms. The molecule has 0 radical (unpaired) electrons. The second kappa shape index (κ2) is 8.24. The van der Waals surface area contributed by atoms with E-state index in [9.17, 15) is 13.6 Å². The third-order valence-corrected chi connectivity index (χ3v) is 6.25. The van der Waals surface area contributed by atoms with Gasteiger partial charge in [0.05, 0.1) is 5.69 Å². The predicted octanol–water partition coefficient (Wildman–Crippen LogP) is 4.67. The van der Waals surface area contributed by atoms with Crippen LogP contribution in [0, 0.1) is 11.6 Å². The first-order valence-electron chi connectivity index (χ1n) is 8.66. The van der Waals surface area contributed by atoms with Crippen LogP contribution in [-0.4, -0.2) is 22.1 Å². The quantitative estimate of drug-likeness (QED) is 0.546. The maximum absolute atomic E-state index is 13.8. The number of benzene rings is 2. The Morgan fingerprint density at radius 3 is 2.57 bits per heavy atom. The molecular weight excluding hydrogens is 402 g/mol. The number of rotatable bonds is 7. The topological polar surface area (TPSA) is 66.9 Å². The van der Waals surface area contributed by atoms with Crippen LogP contribution >= 0.6 is 23.1 Å². The second-order valence-electron chi connectivity index (χ2n) is 6.31. The van der Waals surface area contributed by atoms with Gasteiger partial charge in [-0.3, -0.25) is 4.79 Å². The van der Waals surface area contributed by atoms with Gasteiger partial charge in [-0.25, -0.2) is 8.78 Å². The number of thioether (sulfide) groups is 1. The lowest BCUT2D eigenvalue weighted by Crippen LogP contribution is -2.29. The summed E-state index contributed by atoms with van der Waals surface area (Å²) in [5.41, 5.74) is 0.986. The van der Waals surface area contributed by atoms with Crippen LogP contribution in [0.1, 0.15) is 23.7 Å². The fourth-order valence-corrected chi connectivity index (χ4v) is 4.47. The number of nitrogens with one attached hydrogen (secondary N) is 2. The Bertz CT molecular complexity index is 976. The van der Waals surface area contributed by atoms with Crippen LogP contribution in [0.3, 0.4) is 0 Å². The summed E-state index contributed by atoms with van der Waals surface area (Å²) >= 11 is 2.46. The standard InChI is InChI=1S/C19H16F2N4OS2/c20-12-7-5-11(6-8-12)16(17(26)22-13-9-10-13)27-19-25-24-18(28-19)23-15-4-2-1-3-14(15)21/h1-8,13,16H,9-10H2,(H,22,26)(H,23,24). The Hall–Kier alpha value is -2.52. The van der Waals surface area contributed by atoms with Crippen LogP contribution < -0.4 is 10.6 Å². The molecule has 9 heteroatoms. The number of halogens is 2.